The van der Waals surface area contributed by atoms with Crippen molar-refractivity contribution >= 4 is 21.8 Å². The van der Waals surface area contributed by atoms with Crippen molar-refractivity contribution in [2.24, 2.45) is 0 Å². The topological polar surface area (TPSA) is 53.4 Å². The Hall–Kier alpha value is -0.940. The number of rotatable bonds is 3. The Morgan fingerprint density at radius 3 is 2.72 bits per heavy atom. The van der Waals surface area contributed by atoms with Gasteiger partial charge in [-0.2, -0.15) is 0 Å². The van der Waals surface area contributed by atoms with Crippen LogP contribution in [0.1, 0.15) is 36.2 Å². The van der Waals surface area contributed by atoms with E-state index in [0.717, 1.165) is 30.2 Å². The van der Waals surface area contributed by atoms with E-state index in [0.29, 0.717) is 12.2 Å². The van der Waals surface area contributed by atoms with Crippen LogP contribution in [0.25, 0.3) is 0 Å². The second kappa shape index (κ2) is 5.36. The summed E-state index contributed by atoms with van der Waals surface area (Å²) in [5, 5.41) is 10.3. The van der Waals surface area contributed by atoms with Gasteiger partial charge in [0, 0.05) is 24.3 Å². The molecule has 1 N–H and O–H groups in total. The third kappa shape index (κ3) is 3.09. The van der Waals surface area contributed by atoms with Gasteiger partial charge in [0.1, 0.15) is 5.69 Å². The third-order valence-corrected chi connectivity index (χ3v) is 3.83. The molecule has 0 unspecified atom stereocenters. The average Bonchev–Trinajstić information content (AvgIpc) is 2.76. The Balaban J connectivity index is 2.02. The number of likely N-dealkylation sites (N-methyl/N-ethyl adjacent to an activating group) is 1. The van der Waals surface area contributed by atoms with E-state index in [1.807, 2.05) is 0 Å². The molecule has 1 aromatic heterocycles. The van der Waals surface area contributed by atoms with Crippen LogP contribution in [0, 0.1) is 0 Å². The van der Waals surface area contributed by atoms with Gasteiger partial charge >= 0.3 is 0 Å². The smallest absolute Gasteiger partial charge is 0.272 e. The fraction of sp³-hybridized carbons (Fsp3) is 0.538. The fourth-order valence-electron chi connectivity index (χ4n) is 2.40. The van der Waals surface area contributed by atoms with Crippen molar-refractivity contribution in [3.05, 3.63) is 28.5 Å². The summed E-state index contributed by atoms with van der Waals surface area (Å²) in [4.78, 5) is 17.8. The summed E-state index contributed by atoms with van der Waals surface area (Å²) < 4.78 is 0.844. The molecule has 1 aliphatic rings. The molecule has 1 fully saturated rings. The molecule has 4 nitrogen and oxygen atoms in total. The second-order valence-corrected chi connectivity index (χ2v) is 5.87. The highest BCUT2D eigenvalue weighted by Crippen LogP contribution is 2.30. The van der Waals surface area contributed by atoms with Crippen LogP contribution in [-0.2, 0) is 0 Å². The predicted octanol–water partition coefficient (Wildman–Crippen LogP) is 2.22. The lowest BCUT2D eigenvalue weighted by atomic mass is 10.0. The minimum Gasteiger partial charge on any atom is -0.388 e. The van der Waals surface area contributed by atoms with E-state index < -0.39 is 5.60 Å². The molecule has 18 heavy (non-hydrogen) atoms. The fourth-order valence-corrected chi connectivity index (χ4v) is 2.64. The Labute approximate surface area is 115 Å². The summed E-state index contributed by atoms with van der Waals surface area (Å²) in [6.07, 6.45) is 5.23. The van der Waals surface area contributed by atoms with E-state index in [1.165, 1.54) is 0 Å². The first-order valence-corrected chi connectivity index (χ1v) is 6.89. The molecule has 0 radical (unpaired) electrons. The van der Waals surface area contributed by atoms with Crippen LogP contribution in [-0.4, -0.2) is 40.1 Å². The molecule has 1 saturated carbocycles. The molecule has 0 bridgehead atoms. The number of hydrogen-bond donors (Lipinski definition) is 1. The predicted molar refractivity (Wildman–Crippen MR) is 72.3 cm³/mol. The van der Waals surface area contributed by atoms with Gasteiger partial charge in [0.25, 0.3) is 5.91 Å². The molecular formula is C13H17BrN2O2. The summed E-state index contributed by atoms with van der Waals surface area (Å²) >= 11 is 3.28. The molecule has 0 aromatic carbocycles. The number of aliphatic hydroxyl groups is 1. The van der Waals surface area contributed by atoms with Crippen LogP contribution in [0.15, 0.2) is 22.8 Å². The lowest BCUT2D eigenvalue weighted by Gasteiger charge is -2.28. The second-order valence-electron chi connectivity index (χ2n) is 4.95. The van der Waals surface area contributed by atoms with Crippen LogP contribution in [0.2, 0.25) is 0 Å². The summed E-state index contributed by atoms with van der Waals surface area (Å²) in [5.74, 6) is -0.150. The van der Waals surface area contributed by atoms with Gasteiger partial charge in [-0.05, 0) is 40.9 Å². The molecule has 5 heteroatoms. The van der Waals surface area contributed by atoms with E-state index in [2.05, 4.69) is 20.9 Å². The van der Waals surface area contributed by atoms with Gasteiger partial charge < -0.3 is 10.0 Å². The zero-order valence-corrected chi connectivity index (χ0v) is 12.0. The highest BCUT2D eigenvalue weighted by atomic mass is 79.9. The molecule has 0 aliphatic heterocycles. The molecule has 0 saturated heterocycles. The quantitative estimate of drug-likeness (QED) is 0.931. The molecule has 1 amide bonds. The SMILES string of the molecule is CN(CC1(O)CCCC1)C(=O)c1ccc(Br)cn1. The minimum atomic E-state index is -0.709. The Bertz CT molecular complexity index is 427. The monoisotopic (exact) mass is 312 g/mol. The largest absolute Gasteiger partial charge is 0.388 e. The maximum absolute atomic E-state index is 12.1. The van der Waals surface area contributed by atoms with Gasteiger partial charge in [-0.3, -0.25) is 4.79 Å². The Kier molecular flexibility index (Phi) is 4.02. The number of pyridine rings is 1. The minimum absolute atomic E-state index is 0.150. The van der Waals surface area contributed by atoms with Gasteiger partial charge in [0.15, 0.2) is 0 Å². The van der Waals surface area contributed by atoms with Crippen LogP contribution in [0.5, 0.6) is 0 Å². The van der Waals surface area contributed by atoms with Gasteiger partial charge in [-0.15, -0.1) is 0 Å². The Morgan fingerprint density at radius 1 is 1.50 bits per heavy atom. The number of hydrogen-bond acceptors (Lipinski definition) is 3. The maximum atomic E-state index is 12.1. The van der Waals surface area contributed by atoms with Crippen molar-refractivity contribution < 1.29 is 9.90 Å². The summed E-state index contributed by atoms with van der Waals surface area (Å²) in [6, 6.07) is 3.47. The zero-order chi connectivity index (χ0) is 13.2. The number of amides is 1. The first-order valence-electron chi connectivity index (χ1n) is 6.10. The number of nitrogens with zero attached hydrogens (tertiary/aromatic N) is 2. The van der Waals surface area contributed by atoms with E-state index in [9.17, 15) is 9.90 Å². The Morgan fingerprint density at radius 2 is 2.17 bits per heavy atom. The number of halogens is 1. The van der Waals surface area contributed by atoms with Crippen molar-refractivity contribution in [1.82, 2.24) is 9.88 Å². The molecular weight excluding hydrogens is 296 g/mol. The molecule has 1 aliphatic carbocycles. The highest BCUT2D eigenvalue weighted by Gasteiger charge is 2.33. The summed E-state index contributed by atoms with van der Waals surface area (Å²) in [7, 11) is 1.71. The normalized spacial score (nSPS) is 17.7. The molecule has 2 rings (SSSR count). The van der Waals surface area contributed by atoms with E-state index in [1.54, 1.807) is 30.3 Å². The van der Waals surface area contributed by atoms with Crippen LogP contribution in [0.3, 0.4) is 0 Å². The van der Waals surface area contributed by atoms with Crippen LogP contribution >= 0.6 is 15.9 Å². The summed E-state index contributed by atoms with van der Waals surface area (Å²) in [5.41, 5.74) is -0.304. The first kappa shape index (κ1) is 13.5. The van der Waals surface area contributed by atoms with Gasteiger partial charge in [0.05, 0.1) is 5.60 Å². The van der Waals surface area contributed by atoms with Gasteiger partial charge in [-0.1, -0.05) is 12.8 Å². The molecule has 0 spiro atoms. The lowest BCUT2D eigenvalue weighted by molar-refractivity contribution is 0.0155. The average molecular weight is 313 g/mol. The van der Waals surface area contributed by atoms with E-state index in [-0.39, 0.29) is 5.91 Å². The van der Waals surface area contributed by atoms with Crippen molar-refractivity contribution in [3.63, 3.8) is 0 Å². The van der Waals surface area contributed by atoms with Crippen LogP contribution in [0.4, 0.5) is 0 Å². The van der Waals surface area contributed by atoms with Crippen molar-refractivity contribution in [2.75, 3.05) is 13.6 Å². The maximum Gasteiger partial charge on any atom is 0.272 e. The lowest BCUT2D eigenvalue weighted by Crippen LogP contribution is -2.42. The zero-order valence-electron chi connectivity index (χ0n) is 10.4. The molecule has 0 atom stereocenters. The van der Waals surface area contributed by atoms with Gasteiger partial charge in [-0.25, -0.2) is 4.98 Å². The number of carbonyl (C=O) groups excluding carboxylic acids is 1. The molecule has 1 aromatic rings. The van der Waals surface area contributed by atoms with Crippen molar-refractivity contribution in [2.45, 2.75) is 31.3 Å². The highest BCUT2D eigenvalue weighted by molar-refractivity contribution is 9.10. The van der Waals surface area contributed by atoms with Crippen molar-refractivity contribution in [3.8, 4) is 0 Å². The van der Waals surface area contributed by atoms with Crippen molar-refractivity contribution in [1.29, 1.82) is 0 Å². The third-order valence-electron chi connectivity index (χ3n) is 3.36. The number of carbonyl (C=O) groups is 1. The summed E-state index contributed by atoms with van der Waals surface area (Å²) in [6.45, 7) is 0.379. The van der Waals surface area contributed by atoms with Gasteiger partial charge in [0.2, 0.25) is 0 Å². The molecule has 98 valence electrons. The standard InChI is InChI=1S/C13H17BrN2O2/c1-16(9-13(18)6-2-3-7-13)12(17)11-5-4-10(14)8-15-11/h4-5,8,18H,2-3,6-7,9H2,1H3. The first-order chi connectivity index (χ1) is 8.50. The van der Waals surface area contributed by atoms with E-state index >= 15 is 0 Å². The van der Waals surface area contributed by atoms with E-state index in [4.69, 9.17) is 0 Å². The van der Waals surface area contributed by atoms with Crippen LogP contribution < -0.4 is 0 Å². The number of aromatic nitrogens is 1. The molecule has 1 heterocycles.